The van der Waals surface area contributed by atoms with E-state index >= 15 is 0 Å². The Bertz CT molecular complexity index is 414. The number of hydrogen-bond donors (Lipinski definition) is 1. The van der Waals surface area contributed by atoms with Crippen LogP contribution in [0.3, 0.4) is 0 Å². The molecule has 0 radical (unpaired) electrons. The summed E-state index contributed by atoms with van der Waals surface area (Å²) < 4.78 is 1.99. The minimum absolute atomic E-state index is 0.329. The molecule has 0 aliphatic carbocycles. The lowest BCUT2D eigenvalue weighted by atomic mass is 9.89. The zero-order valence-electron chi connectivity index (χ0n) is 12.4. The van der Waals surface area contributed by atoms with Crippen LogP contribution in [0.25, 0.3) is 0 Å². The van der Waals surface area contributed by atoms with E-state index in [-0.39, 0.29) is 0 Å². The zero-order valence-corrected chi connectivity index (χ0v) is 12.4. The van der Waals surface area contributed by atoms with Gasteiger partial charge in [0.25, 0.3) is 0 Å². The molecule has 2 rings (SSSR count). The largest absolute Gasteiger partial charge is 0.314 e. The summed E-state index contributed by atoms with van der Waals surface area (Å²) in [5, 5.41) is 7.95. The average molecular weight is 250 g/mol. The van der Waals surface area contributed by atoms with Gasteiger partial charge in [0.05, 0.1) is 5.69 Å². The molecule has 4 heteroatoms. The molecule has 0 aromatic carbocycles. The van der Waals surface area contributed by atoms with Crippen molar-refractivity contribution >= 4 is 0 Å². The molecule has 2 heterocycles. The topological polar surface area (TPSA) is 33.1 Å². The first-order chi connectivity index (χ1) is 8.45. The van der Waals surface area contributed by atoms with E-state index in [0.29, 0.717) is 5.54 Å². The summed E-state index contributed by atoms with van der Waals surface area (Å²) in [6.07, 6.45) is 2.45. The van der Waals surface area contributed by atoms with E-state index in [2.05, 4.69) is 43.1 Å². The Balaban J connectivity index is 2.00. The standard InChI is InChI=1S/C14H26N4/c1-11-13(12(2)17(5)16-11)10-18-8-6-14(3,15-4)7-9-18/h15H,6-10H2,1-5H3. The average Bonchev–Trinajstić information content (AvgIpc) is 2.59. The van der Waals surface area contributed by atoms with Gasteiger partial charge in [0.2, 0.25) is 0 Å². The molecule has 0 unspecified atom stereocenters. The molecule has 1 aromatic rings. The smallest absolute Gasteiger partial charge is 0.0641 e. The molecule has 102 valence electrons. The van der Waals surface area contributed by atoms with Gasteiger partial charge in [0, 0.05) is 43.5 Å². The van der Waals surface area contributed by atoms with E-state index in [4.69, 9.17) is 0 Å². The van der Waals surface area contributed by atoms with Gasteiger partial charge in [0.15, 0.2) is 0 Å². The van der Waals surface area contributed by atoms with Crippen LogP contribution in [0, 0.1) is 13.8 Å². The highest BCUT2D eigenvalue weighted by Crippen LogP contribution is 2.23. The van der Waals surface area contributed by atoms with Gasteiger partial charge in [-0.25, -0.2) is 0 Å². The van der Waals surface area contributed by atoms with Gasteiger partial charge in [-0.2, -0.15) is 5.10 Å². The molecule has 0 bridgehead atoms. The maximum atomic E-state index is 4.50. The zero-order chi connectivity index (χ0) is 13.3. The number of piperidine rings is 1. The maximum absolute atomic E-state index is 4.50. The van der Waals surface area contributed by atoms with Gasteiger partial charge < -0.3 is 5.32 Å². The van der Waals surface area contributed by atoms with Crippen LogP contribution < -0.4 is 5.32 Å². The maximum Gasteiger partial charge on any atom is 0.0641 e. The number of aromatic nitrogens is 2. The number of nitrogens with one attached hydrogen (secondary N) is 1. The predicted octanol–water partition coefficient (Wildman–Crippen LogP) is 1.61. The second-order valence-corrected chi connectivity index (χ2v) is 5.86. The fraction of sp³-hybridized carbons (Fsp3) is 0.786. The minimum atomic E-state index is 0.329. The molecule has 0 saturated carbocycles. The van der Waals surface area contributed by atoms with E-state index in [1.807, 2.05) is 11.7 Å². The summed E-state index contributed by atoms with van der Waals surface area (Å²) >= 11 is 0. The van der Waals surface area contributed by atoms with Crippen LogP contribution >= 0.6 is 0 Å². The Kier molecular flexibility index (Phi) is 3.78. The molecule has 0 atom stereocenters. The van der Waals surface area contributed by atoms with Crippen LogP contribution in [0.2, 0.25) is 0 Å². The number of nitrogens with zero attached hydrogens (tertiary/aromatic N) is 3. The molecular formula is C14H26N4. The molecule has 18 heavy (non-hydrogen) atoms. The summed E-state index contributed by atoms with van der Waals surface area (Å²) in [5.74, 6) is 0. The Hall–Kier alpha value is -0.870. The van der Waals surface area contributed by atoms with Crippen LogP contribution in [-0.4, -0.2) is 40.4 Å². The number of likely N-dealkylation sites (tertiary alicyclic amines) is 1. The molecule has 0 amide bonds. The SMILES string of the molecule is CNC1(C)CCN(Cc2c(C)nn(C)c2C)CC1. The predicted molar refractivity (Wildman–Crippen MR) is 74.7 cm³/mol. The van der Waals surface area contributed by atoms with Crippen molar-refractivity contribution in [2.75, 3.05) is 20.1 Å². The molecule has 1 fully saturated rings. The van der Waals surface area contributed by atoms with Crippen LogP contribution in [0.1, 0.15) is 36.7 Å². The van der Waals surface area contributed by atoms with Crippen molar-refractivity contribution in [2.45, 2.75) is 45.7 Å². The van der Waals surface area contributed by atoms with Crippen molar-refractivity contribution in [3.63, 3.8) is 0 Å². The van der Waals surface area contributed by atoms with Gasteiger partial charge in [-0.1, -0.05) is 0 Å². The summed E-state index contributed by atoms with van der Waals surface area (Å²) in [6, 6.07) is 0. The highest BCUT2D eigenvalue weighted by atomic mass is 15.3. The van der Waals surface area contributed by atoms with Gasteiger partial charge in [0.1, 0.15) is 0 Å². The normalized spacial score (nSPS) is 20.3. The molecule has 1 saturated heterocycles. The lowest BCUT2D eigenvalue weighted by molar-refractivity contribution is 0.146. The first-order valence-corrected chi connectivity index (χ1v) is 6.85. The third-order valence-corrected chi connectivity index (χ3v) is 4.60. The number of hydrogen-bond acceptors (Lipinski definition) is 3. The third kappa shape index (κ3) is 2.59. The molecule has 4 nitrogen and oxygen atoms in total. The van der Waals surface area contributed by atoms with E-state index in [9.17, 15) is 0 Å². The van der Waals surface area contributed by atoms with Gasteiger partial charge >= 0.3 is 0 Å². The van der Waals surface area contributed by atoms with Gasteiger partial charge in [-0.3, -0.25) is 9.58 Å². The lowest BCUT2D eigenvalue weighted by Crippen LogP contribution is -2.49. The number of aryl methyl sites for hydroxylation is 2. The Morgan fingerprint density at radius 2 is 1.89 bits per heavy atom. The number of rotatable bonds is 3. The fourth-order valence-corrected chi connectivity index (χ4v) is 2.72. The van der Waals surface area contributed by atoms with Crippen LogP contribution in [0.5, 0.6) is 0 Å². The second kappa shape index (κ2) is 5.02. The van der Waals surface area contributed by atoms with E-state index in [1.54, 1.807) is 0 Å². The van der Waals surface area contributed by atoms with Gasteiger partial charge in [-0.15, -0.1) is 0 Å². The molecule has 0 spiro atoms. The molecule has 1 aromatic heterocycles. The first kappa shape index (κ1) is 13.6. The van der Waals surface area contributed by atoms with Crippen LogP contribution in [-0.2, 0) is 13.6 Å². The van der Waals surface area contributed by atoms with E-state index in [1.165, 1.54) is 42.9 Å². The van der Waals surface area contributed by atoms with Crippen molar-refractivity contribution in [3.05, 3.63) is 17.0 Å². The van der Waals surface area contributed by atoms with Crippen molar-refractivity contribution in [1.82, 2.24) is 20.0 Å². The lowest BCUT2D eigenvalue weighted by Gasteiger charge is -2.39. The summed E-state index contributed by atoms with van der Waals surface area (Å²) in [5.41, 5.74) is 4.21. The first-order valence-electron chi connectivity index (χ1n) is 6.85. The quantitative estimate of drug-likeness (QED) is 0.885. The van der Waals surface area contributed by atoms with Crippen molar-refractivity contribution in [1.29, 1.82) is 0 Å². The highest BCUT2D eigenvalue weighted by molar-refractivity contribution is 5.24. The summed E-state index contributed by atoms with van der Waals surface area (Å²) in [4.78, 5) is 2.55. The van der Waals surface area contributed by atoms with Crippen molar-refractivity contribution in [2.24, 2.45) is 7.05 Å². The molecule has 1 N–H and O–H groups in total. The molecule has 1 aliphatic heterocycles. The minimum Gasteiger partial charge on any atom is -0.314 e. The molecular weight excluding hydrogens is 224 g/mol. The van der Waals surface area contributed by atoms with Crippen LogP contribution in [0.4, 0.5) is 0 Å². The Labute approximate surface area is 110 Å². The summed E-state index contributed by atoms with van der Waals surface area (Å²) in [7, 11) is 4.10. The monoisotopic (exact) mass is 250 g/mol. The van der Waals surface area contributed by atoms with E-state index in [0.717, 1.165) is 6.54 Å². The Morgan fingerprint density at radius 3 is 2.33 bits per heavy atom. The Morgan fingerprint density at radius 1 is 1.28 bits per heavy atom. The highest BCUT2D eigenvalue weighted by Gasteiger charge is 2.28. The van der Waals surface area contributed by atoms with Crippen LogP contribution in [0.15, 0.2) is 0 Å². The van der Waals surface area contributed by atoms with Gasteiger partial charge in [-0.05, 0) is 40.7 Å². The second-order valence-electron chi connectivity index (χ2n) is 5.86. The third-order valence-electron chi connectivity index (χ3n) is 4.60. The van der Waals surface area contributed by atoms with Crippen molar-refractivity contribution < 1.29 is 0 Å². The molecule has 1 aliphatic rings. The van der Waals surface area contributed by atoms with E-state index < -0.39 is 0 Å². The fourth-order valence-electron chi connectivity index (χ4n) is 2.72. The van der Waals surface area contributed by atoms with Crippen molar-refractivity contribution in [3.8, 4) is 0 Å². The summed E-state index contributed by atoms with van der Waals surface area (Å²) in [6.45, 7) is 9.99.